The van der Waals surface area contributed by atoms with E-state index in [9.17, 15) is 4.79 Å². The molecule has 106 valence electrons. The third kappa shape index (κ3) is 2.59. The fourth-order valence-electron chi connectivity index (χ4n) is 5.47. The molecule has 0 radical (unpaired) electrons. The molecule has 0 spiro atoms. The highest BCUT2D eigenvalue weighted by molar-refractivity contribution is 5.87. The third-order valence-electron chi connectivity index (χ3n) is 5.54. The van der Waals surface area contributed by atoms with E-state index in [2.05, 4.69) is 13.5 Å². The van der Waals surface area contributed by atoms with Crippen LogP contribution in [0.25, 0.3) is 0 Å². The molecule has 0 saturated heterocycles. The van der Waals surface area contributed by atoms with E-state index < -0.39 is 0 Å². The molecule has 4 saturated carbocycles. The largest absolute Gasteiger partial charge is 0.459 e. The Bertz CT molecular complexity index is 361. The molecule has 0 aliphatic heterocycles. The van der Waals surface area contributed by atoms with Crippen LogP contribution in [-0.4, -0.2) is 12.1 Å². The van der Waals surface area contributed by atoms with Crippen LogP contribution in [-0.2, 0) is 9.53 Å². The second-order valence-corrected chi connectivity index (χ2v) is 7.62. The first-order chi connectivity index (χ1) is 8.96. The Kier molecular flexibility index (Phi) is 3.23. The van der Waals surface area contributed by atoms with Gasteiger partial charge in [-0.1, -0.05) is 6.58 Å². The van der Waals surface area contributed by atoms with Crippen molar-refractivity contribution in [3.8, 4) is 0 Å². The van der Waals surface area contributed by atoms with E-state index in [1.165, 1.54) is 38.5 Å². The highest BCUT2D eigenvalue weighted by Crippen LogP contribution is 2.61. The van der Waals surface area contributed by atoms with Crippen LogP contribution in [0.1, 0.15) is 58.8 Å². The van der Waals surface area contributed by atoms with Gasteiger partial charge in [0.2, 0.25) is 0 Å². The number of rotatable bonds is 4. The van der Waals surface area contributed by atoms with Crippen molar-refractivity contribution in [1.29, 1.82) is 0 Å². The van der Waals surface area contributed by atoms with Crippen LogP contribution >= 0.6 is 0 Å². The molecule has 4 aliphatic rings. The summed E-state index contributed by atoms with van der Waals surface area (Å²) in [5, 5.41) is 0. The fourth-order valence-corrected chi connectivity index (χ4v) is 5.47. The minimum atomic E-state index is -0.225. The number of hydrogen-bond acceptors (Lipinski definition) is 2. The third-order valence-corrected chi connectivity index (χ3v) is 5.54. The molecule has 19 heavy (non-hydrogen) atoms. The van der Waals surface area contributed by atoms with Crippen molar-refractivity contribution in [3.63, 3.8) is 0 Å². The molecule has 0 aromatic heterocycles. The molecule has 4 fully saturated rings. The Morgan fingerprint density at radius 2 is 1.68 bits per heavy atom. The van der Waals surface area contributed by atoms with Gasteiger partial charge >= 0.3 is 5.97 Å². The lowest BCUT2D eigenvalue weighted by molar-refractivity contribution is -0.147. The molecule has 2 heteroatoms. The van der Waals surface area contributed by atoms with Crippen molar-refractivity contribution in [3.05, 3.63) is 12.2 Å². The number of carbonyl (C=O) groups excluding carboxylic acids is 1. The maximum absolute atomic E-state index is 11.6. The fraction of sp³-hybridized carbons (Fsp3) is 0.824. The van der Waals surface area contributed by atoms with E-state index in [0.29, 0.717) is 11.0 Å². The van der Waals surface area contributed by atoms with E-state index in [4.69, 9.17) is 4.74 Å². The van der Waals surface area contributed by atoms with Gasteiger partial charge in [0.1, 0.15) is 0 Å². The summed E-state index contributed by atoms with van der Waals surface area (Å²) in [6.45, 7) is 7.44. The first-order valence-corrected chi connectivity index (χ1v) is 7.82. The summed E-state index contributed by atoms with van der Waals surface area (Å²) in [5.41, 5.74) is 1.00. The predicted molar refractivity (Wildman–Crippen MR) is 75.6 cm³/mol. The Labute approximate surface area is 116 Å². The highest BCUT2D eigenvalue weighted by Gasteiger charge is 2.51. The lowest BCUT2D eigenvalue weighted by Crippen LogP contribution is -2.47. The van der Waals surface area contributed by atoms with Gasteiger partial charge in [0.15, 0.2) is 0 Å². The van der Waals surface area contributed by atoms with Crippen LogP contribution in [0.2, 0.25) is 0 Å². The summed E-state index contributed by atoms with van der Waals surface area (Å²) in [6.07, 6.45) is 9.67. The van der Waals surface area contributed by atoms with Crippen molar-refractivity contribution in [2.75, 3.05) is 0 Å². The van der Waals surface area contributed by atoms with Gasteiger partial charge in [0, 0.05) is 5.57 Å². The van der Waals surface area contributed by atoms with Gasteiger partial charge < -0.3 is 4.74 Å². The summed E-state index contributed by atoms with van der Waals surface area (Å²) < 4.78 is 5.51. The molecule has 0 aromatic carbocycles. The number of hydrogen-bond donors (Lipinski definition) is 0. The van der Waals surface area contributed by atoms with E-state index in [1.54, 1.807) is 6.92 Å². The van der Waals surface area contributed by atoms with Crippen LogP contribution in [0.15, 0.2) is 12.2 Å². The summed E-state index contributed by atoms with van der Waals surface area (Å²) in [5.74, 6) is 2.68. The maximum atomic E-state index is 11.6. The quantitative estimate of drug-likeness (QED) is 0.563. The van der Waals surface area contributed by atoms with Crippen LogP contribution in [0.5, 0.6) is 0 Å². The minimum Gasteiger partial charge on any atom is -0.459 e. The Hall–Kier alpha value is -0.790. The molecule has 0 amide bonds. The number of esters is 1. The predicted octanol–water partition coefficient (Wildman–Crippen LogP) is 4.10. The van der Waals surface area contributed by atoms with E-state index in [1.807, 2.05) is 0 Å². The van der Waals surface area contributed by atoms with E-state index in [0.717, 1.165) is 24.2 Å². The summed E-state index contributed by atoms with van der Waals surface area (Å²) in [6, 6.07) is 0. The van der Waals surface area contributed by atoms with Crippen molar-refractivity contribution in [1.82, 2.24) is 0 Å². The minimum absolute atomic E-state index is 0.0421. The molecule has 1 atom stereocenters. The van der Waals surface area contributed by atoms with Gasteiger partial charge in [0.05, 0.1) is 6.10 Å². The zero-order valence-electron chi connectivity index (χ0n) is 12.3. The molecule has 4 bridgehead atoms. The van der Waals surface area contributed by atoms with Gasteiger partial charge in [0.25, 0.3) is 0 Å². The number of ether oxygens (including phenoxy) is 1. The van der Waals surface area contributed by atoms with Crippen LogP contribution in [0.4, 0.5) is 0 Å². The van der Waals surface area contributed by atoms with Gasteiger partial charge in [-0.05, 0) is 82.0 Å². The molecular formula is C17H26O2. The summed E-state index contributed by atoms with van der Waals surface area (Å²) >= 11 is 0. The van der Waals surface area contributed by atoms with Crippen molar-refractivity contribution in [2.45, 2.75) is 64.9 Å². The second kappa shape index (κ2) is 4.64. The molecule has 4 aliphatic carbocycles. The van der Waals surface area contributed by atoms with Crippen LogP contribution in [0, 0.1) is 23.2 Å². The zero-order valence-corrected chi connectivity index (χ0v) is 12.3. The topological polar surface area (TPSA) is 26.3 Å². The van der Waals surface area contributed by atoms with E-state index >= 15 is 0 Å². The number of carbonyl (C=O) groups is 1. The summed E-state index contributed by atoms with van der Waals surface area (Å²) in [4.78, 5) is 11.6. The van der Waals surface area contributed by atoms with Gasteiger partial charge in [-0.25, -0.2) is 4.79 Å². The average Bonchev–Trinajstić information content (AvgIpc) is 2.25. The maximum Gasteiger partial charge on any atom is 0.333 e. The van der Waals surface area contributed by atoms with Gasteiger partial charge in [-0.2, -0.15) is 0 Å². The molecule has 0 aromatic rings. The summed E-state index contributed by atoms with van der Waals surface area (Å²) in [7, 11) is 0. The SMILES string of the molecule is C=C(C)C(=O)OC(C)CC12CC3CC(CC(C3)C1)C2. The molecule has 4 rings (SSSR count). The van der Waals surface area contributed by atoms with E-state index in [-0.39, 0.29) is 12.1 Å². The first kappa shape index (κ1) is 13.2. The molecular weight excluding hydrogens is 236 g/mol. The van der Waals surface area contributed by atoms with Crippen molar-refractivity contribution < 1.29 is 9.53 Å². The second-order valence-electron chi connectivity index (χ2n) is 7.62. The molecule has 0 heterocycles. The molecule has 1 unspecified atom stereocenters. The Balaban J connectivity index is 1.63. The standard InChI is InChI=1S/C17H26O2/c1-11(2)16(18)19-12(3)7-17-8-13-4-14(9-17)6-15(5-13)10-17/h12-15H,1,4-10H2,2-3H3. The smallest absolute Gasteiger partial charge is 0.333 e. The van der Waals surface area contributed by atoms with Crippen molar-refractivity contribution in [2.24, 2.45) is 23.2 Å². The molecule has 0 N–H and O–H groups in total. The lowest BCUT2D eigenvalue weighted by Gasteiger charge is -2.57. The molecule has 2 nitrogen and oxygen atoms in total. The van der Waals surface area contributed by atoms with Gasteiger partial charge in [-0.3, -0.25) is 0 Å². The van der Waals surface area contributed by atoms with Crippen LogP contribution < -0.4 is 0 Å². The lowest BCUT2D eigenvalue weighted by atomic mass is 9.48. The Morgan fingerprint density at radius 3 is 2.11 bits per heavy atom. The highest BCUT2D eigenvalue weighted by atomic mass is 16.5. The zero-order chi connectivity index (χ0) is 13.6. The Morgan fingerprint density at radius 1 is 1.21 bits per heavy atom. The monoisotopic (exact) mass is 262 g/mol. The first-order valence-electron chi connectivity index (χ1n) is 7.82. The van der Waals surface area contributed by atoms with Crippen molar-refractivity contribution >= 4 is 5.97 Å². The normalized spacial score (nSPS) is 41.1. The average molecular weight is 262 g/mol. The van der Waals surface area contributed by atoms with Crippen LogP contribution in [0.3, 0.4) is 0 Å². The van der Waals surface area contributed by atoms with Gasteiger partial charge in [-0.15, -0.1) is 0 Å².